The average Bonchev–Trinajstić information content (AvgIpc) is 3.24. The van der Waals surface area contributed by atoms with Crippen molar-refractivity contribution < 1.29 is 16.8 Å². The van der Waals surface area contributed by atoms with Gasteiger partial charge >= 0.3 is 0 Å². The lowest BCUT2D eigenvalue weighted by atomic mass is 10.0. The zero-order chi connectivity index (χ0) is 21.1. The number of rotatable bonds is 8. The first-order chi connectivity index (χ1) is 13.7. The highest BCUT2D eigenvalue weighted by molar-refractivity contribution is 7.93. The van der Waals surface area contributed by atoms with Gasteiger partial charge in [-0.15, -0.1) is 11.3 Å². The van der Waals surface area contributed by atoms with Crippen LogP contribution in [-0.4, -0.2) is 28.4 Å². The molecule has 2 aromatic heterocycles. The molecule has 1 unspecified atom stereocenters. The van der Waals surface area contributed by atoms with Gasteiger partial charge in [0.25, 0.3) is 0 Å². The van der Waals surface area contributed by atoms with Gasteiger partial charge in [-0.05, 0) is 46.7 Å². The molecular formula is C20H22N2O4S3. The standard InChI is InChI=1S/C20H22N2O4S3/c1-15(2)16-7-9-18(10-8-16)29(25,26)22-14-19(17-5-3-11-21-13-17)28(23,24)20-6-4-12-27-20/h3-13,15,19,22H,14H2,1-2H3. The highest BCUT2D eigenvalue weighted by Gasteiger charge is 2.31. The van der Waals surface area contributed by atoms with Crippen LogP contribution in [0.2, 0.25) is 0 Å². The van der Waals surface area contributed by atoms with Crippen molar-refractivity contribution in [2.75, 3.05) is 6.54 Å². The van der Waals surface area contributed by atoms with E-state index in [0.29, 0.717) is 5.56 Å². The van der Waals surface area contributed by atoms with Gasteiger partial charge in [-0.2, -0.15) is 0 Å². The topological polar surface area (TPSA) is 93.2 Å². The molecule has 0 aliphatic rings. The van der Waals surface area contributed by atoms with E-state index in [9.17, 15) is 16.8 Å². The number of pyridine rings is 1. The van der Waals surface area contributed by atoms with E-state index in [-0.39, 0.29) is 21.6 Å². The summed E-state index contributed by atoms with van der Waals surface area (Å²) in [5, 5.41) is 0.591. The van der Waals surface area contributed by atoms with Gasteiger partial charge in [0.2, 0.25) is 10.0 Å². The molecule has 9 heteroatoms. The molecule has 0 aliphatic carbocycles. The number of hydrogen-bond donors (Lipinski definition) is 1. The van der Waals surface area contributed by atoms with Gasteiger partial charge in [0, 0.05) is 18.9 Å². The van der Waals surface area contributed by atoms with Gasteiger partial charge in [-0.1, -0.05) is 38.1 Å². The van der Waals surface area contributed by atoms with E-state index in [2.05, 4.69) is 9.71 Å². The van der Waals surface area contributed by atoms with Crippen LogP contribution in [0, 0.1) is 0 Å². The fraction of sp³-hybridized carbons (Fsp3) is 0.250. The summed E-state index contributed by atoms with van der Waals surface area (Å²) >= 11 is 1.10. The molecule has 2 heterocycles. The van der Waals surface area contributed by atoms with Crippen LogP contribution in [0.15, 0.2) is 75.4 Å². The summed E-state index contributed by atoms with van der Waals surface area (Å²) in [5.41, 5.74) is 1.45. The van der Waals surface area contributed by atoms with Crippen molar-refractivity contribution in [1.82, 2.24) is 9.71 Å². The molecule has 3 aromatic rings. The number of benzene rings is 1. The van der Waals surface area contributed by atoms with Crippen LogP contribution in [0.1, 0.15) is 36.1 Å². The van der Waals surface area contributed by atoms with Gasteiger partial charge in [0.15, 0.2) is 9.84 Å². The maximum absolute atomic E-state index is 13.1. The molecule has 0 bridgehead atoms. The van der Waals surface area contributed by atoms with Gasteiger partial charge in [0.1, 0.15) is 9.46 Å². The highest BCUT2D eigenvalue weighted by atomic mass is 32.2. The SMILES string of the molecule is CC(C)c1ccc(S(=O)(=O)NCC(c2cccnc2)S(=O)(=O)c2cccs2)cc1. The summed E-state index contributed by atoms with van der Waals surface area (Å²) in [5.74, 6) is 0.283. The smallest absolute Gasteiger partial charge is 0.240 e. The Kier molecular flexibility index (Phi) is 6.52. The molecular weight excluding hydrogens is 428 g/mol. The van der Waals surface area contributed by atoms with Gasteiger partial charge in [0.05, 0.1) is 4.90 Å². The zero-order valence-corrected chi connectivity index (χ0v) is 18.5. The predicted molar refractivity (Wildman–Crippen MR) is 114 cm³/mol. The van der Waals surface area contributed by atoms with Gasteiger partial charge in [-0.25, -0.2) is 21.6 Å². The molecule has 6 nitrogen and oxygen atoms in total. The molecule has 0 radical (unpaired) electrons. The quantitative estimate of drug-likeness (QED) is 0.564. The Bertz CT molecular complexity index is 1140. The zero-order valence-electron chi connectivity index (χ0n) is 16.0. The summed E-state index contributed by atoms with van der Waals surface area (Å²) in [6.45, 7) is 3.76. The number of thiophene rings is 1. The minimum Gasteiger partial charge on any atom is -0.264 e. The molecule has 29 heavy (non-hydrogen) atoms. The van der Waals surface area contributed by atoms with E-state index >= 15 is 0 Å². The van der Waals surface area contributed by atoms with Crippen molar-refractivity contribution >= 4 is 31.2 Å². The molecule has 0 saturated heterocycles. The summed E-state index contributed by atoms with van der Waals surface area (Å²) in [7, 11) is -7.65. The van der Waals surface area contributed by atoms with Gasteiger partial charge < -0.3 is 0 Å². The second-order valence-corrected chi connectivity index (χ2v) is 11.9. The number of nitrogens with one attached hydrogen (secondary N) is 1. The van der Waals surface area contributed by atoms with Crippen molar-refractivity contribution in [3.05, 3.63) is 77.4 Å². The third-order valence-corrected chi connectivity index (χ3v) is 9.49. The second kappa shape index (κ2) is 8.74. The van der Waals surface area contributed by atoms with E-state index in [1.165, 1.54) is 24.4 Å². The minimum absolute atomic E-state index is 0.0976. The molecule has 1 atom stereocenters. The Balaban J connectivity index is 1.89. The molecule has 0 saturated carbocycles. The van der Waals surface area contributed by atoms with Crippen LogP contribution in [0.3, 0.4) is 0 Å². The Morgan fingerprint density at radius 1 is 0.966 bits per heavy atom. The first-order valence-corrected chi connectivity index (χ1v) is 12.9. The third kappa shape index (κ3) is 4.92. The molecule has 154 valence electrons. The second-order valence-electron chi connectivity index (χ2n) is 6.83. The molecule has 0 fully saturated rings. The molecule has 0 aliphatic heterocycles. The van der Waals surface area contributed by atoms with Crippen molar-refractivity contribution in [2.45, 2.75) is 34.1 Å². The minimum atomic E-state index is -3.87. The van der Waals surface area contributed by atoms with E-state index < -0.39 is 25.1 Å². The molecule has 1 N–H and O–H groups in total. The fourth-order valence-electron chi connectivity index (χ4n) is 2.84. The third-order valence-electron chi connectivity index (χ3n) is 4.52. The maximum Gasteiger partial charge on any atom is 0.240 e. The fourth-order valence-corrected chi connectivity index (χ4v) is 6.84. The van der Waals surface area contributed by atoms with Crippen LogP contribution >= 0.6 is 11.3 Å². The Morgan fingerprint density at radius 3 is 2.24 bits per heavy atom. The number of sulfone groups is 1. The Hall–Kier alpha value is -2.07. The monoisotopic (exact) mass is 450 g/mol. The van der Waals surface area contributed by atoms with Crippen LogP contribution in [0.4, 0.5) is 0 Å². The van der Waals surface area contributed by atoms with E-state index in [1.807, 2.05) is 13.8 Å². The van der Waals surface area contributed by atoms with Gasteiger partial charge in [-0.3, -0.25) is 4.98 Å². The number of hydrogen-bond acceptors (Lipinski definition) is 6. The first kappa shape index (κ1) is 21.6. The number of aromatic nitrogens is 1. The van der Waals surface area contributed by atoms with Crippen LogP contribution in [0.25, 0.3) is 0 Å². The van der Waals surface area contributed by atoms with E-state index in [1.54, 1.807) is 41.9 Å². The van der Waals surface area contributed by atoms with Crippen LogP contribution < -0.4 is 4.72 Å². The predicted octanol–water partition coefficient (Wildman–Crippen LogP) is 3.76. The first-order valence-electron chi connectivity index (χ1n) is 8.99. The summed E-state index contributed by atoms with van der Waals surface area (Å²) in [6, 6.07) is 13.0. The van der Waals surface area contributed by atoms with Crippen LogP contribution in [-0.2, 0) is 19.9 Å². The lowest BCUT2D eigenvalue weighted by molar-refractivity contribution is 0.569. The highest BCUT2D eigenvalue weighted by Crippen LogP contribution is 2.31. The van der Waals surface area contributed by atoms with Crippen molar-refractivity contribution in [3.63, 3.8) is 0 Å². The summed E-state index contributed by atoms with van der Waals surface area (Å²) in [4.78, 5) is 4.09. The van der Waals surface area contributed by atoms with E-state index in [4.69, 9.17) is 0 Å². The molecule has 1 aromatic carbocycles. The lowest BCUT2D eigenvalue weighted by Crippen LogP contribution is -2.32. The summed E-state index contributed by atoms with van der Waals surface area (Å²) < 4.78 is 54.4. The Labute approximate surface area is 175 Å². The molecule has 3 rings (SSSR count). The van der Waals surface area contributed by atoms with Crippen LogP contribution in [0.5, 0.6) is 0 Å². The molecule has 0 amide bonds. The number of nitrogens with zero attached hydrogens (tertiary/aromatic N) is 1. The van der Waals surface area contributed by atoms with Crippen molar-refractivity contribution in [3.8, 4) is 0 Å². The average molecular weight is 451 g/mol. The normalized spacial score (nSPS) is 13.5. The van der Waals surface area contributed by atoms with Crippen molar-refractivity contribution in [2.24, 2.45) is 0 Å². The van der Waals surface area contributed by atoms with E-state index in [0.717, 1.165) is 16.9 Å². The van der Waals surface area contributed by atoms with Crippen molar-refractivity contribution in [1.29, 1.82) is 0 Å². The largest absolute Gasteiger partial charge is 0.264 e. The molecule has 0 spiro atoms. The maximum atomic E-state index is 13.1. The Morgan fingerprint density at radius 2 is 1.69 bits per heavy atom. The lowest BCUT2D eigenvalue weighted by Gasteiger charge is -2.18. The summed E-state index contributed by atoms with van der Waals surface area (Å²) in [6.07, 6.45) is 2.99. The number of sulfonamides is 1.